The monoisotopic (exact) mass is 335 g/mol. The van der Waals surface area contributed by atoms with Crippen LogP contribution in [-0.4, -0.2) is 22.4 Å². The van der Waals surface area contributed by atoms with Crippen molar-refractivity contribution in [2.75, 3.05) is 6.61 Å². The van der Waals surface area contributed by atoms with E-state index in [1.54, 1.807) is 6.20 Å². The lowest BCUT2D eigenvalue weighted by Crippen LogP contribution is -2.15. The fraction of sp³-hybridized carbons (Fsp3) is 0.400. The number of nitrogens with one attached hydrogen (secondary N) is 1. The molecule has 106 valence electrons. The van der Waals surface area contributed by atoms with Crippen LogP contribution < -0.4 is 10.1 Å². The van der Waals surface area contributed by atoms with Gasteiger partial charge < -0.3 is 10.1 Å². The molecule has 0 amide bonds. The van der Waals surface area contributed by atoms with E-state index in [2.05, 4.69) is 38.5 Å². The molecule has 0 unspecified atom stereocenters. The van der Waals surface area contributed by atoms with Crippen LogP contribution in [0.1, 0.15) is 18.4 Å². The second-order valence-corrected chi connectivity index (χ2v) is 5.99. The second kappa shape index (κ2) is 6.41. The Morgan fingerprint density at radius 1 is 1.40 bits per heavy atom. The molecule has 1 heterocycles. The zero-order chi connectivity index (χ0) is 13.8. The van der Waals surface area contributed by atoms with Crippen molar-refractivity contribution in [2.45, 2.75) is 32.0 Å². The zero-order valence-electron chi connectivity index (χ0n) is 11.3. The van der Waals surface area contributed by atoms with E-state index in [1.807, 2.05) is 23.0 Å². The number of rotatable bonds is 7. The van der Waals surface area contributed by atoms with Gasteiger partial charge in [0.2, 0.25) is 0 Å². The Morgan fingerprint density at radius 2 is 2.30 bits per heavy atom. The molecule has 3 rings (SSSR count). The van der Waals surface area contributed by atoms with Crippen LogP contribution in [0.15, 0.2) is 41.1 Å². The van der Waals surface area contributed by atoms with Gasteiger partial charge in [0.25, 0.3) is 0 Å². The molecule has 0 spiro atoms. The number of benzene rings is 1. The van der Waals surface area contributed by atoms with Crippen LogP contribution in [0.5, 0.6) is 5.75 Å². The fourth-order valence-electron chi connectivity index (χ4n) is 2.01. The van der Waals surface area contributed by atoms with E-state index in [0.717, 1.165) is 29.4 Å². The summed E-state index contributed by atoms with van der Waals surface area (Å²) in [6, 6.07) is 9.02. The SMILES string of the molecule is Brc1cnn(CCOc2cccc(CNC3CC3)c2)c1. The van der Waals surface area contributed by atoms with Crippen molar-refractivity contribution in [2.24, 2.45) is 0 Å². The second-order valence-electron chi connectivity index (χ2n) is 5.07. The third-order valence-electron chi connectivity index (χ3n) is 3.26. The fourth-order valence-corrected chi connectivity index (χ4v) is 2.34. The maximum absolute atomic E-state index is 5.78. The van der Waals surface area contributed by atoms with E-state index >= 15 is 0 Å². The molecule has 0 atom stereocenters. The van der Waals surface area contributed by atoms with E-state index in [0.29, 0.717) is 6.61 Å². The quantitative estimate of drug-likeness (QED) is 0.845. The molecule has 1 aromatic heterocycles. The molecule has 0 bridgehead atoms. The van der Waals surface area contributed by atoms with Crippen LogP contribution in [0.4, 0.5) is 0 Å². The van der Waals surface area contributed by atoms with Gasteiger partial charge in [0.15, 0.2) is 0 Å². The van der Waals surface area contributed by atoms with E-state index in [9.17, 15) is 0 Å². The first-order valence-electron chi connectivity index (χ1n) is 6.93. The molecule has 1 aromatic carbocycles. The summed E-state index contributed by atoms with van der Waals surface area (Å²) >= 11 is 3.38. The summed E-state index contributed by atoms with van der Waals surface area (Å²) in [6.07, 6.45) is 6.36. The van der Waals surface area contributed by atoms with Gasteiger partial charge in [-0.3, -0.25) is 4.68 Å². The predicted octanol–water partition coefficient (Wildman–Crippen LogP) is 2.98. The third-order valence-corrected chi connectivity index (χ3v) is 3.67. The number of ether oxygens (including phenoxy) is 1. The van der Waals surface area contributed by atoms with Crippen LogP contribution in [0, 0.1) is 0 Å². The number of halogens is 1. The molecule has 0 saturated heterocycles. The number of hydrogen-bond acceptors (Lipinski definition) is 3. The van der Waals surface area contributed by atoms with Gasteiger partial charge in [0.1, 0.15) is 12.4 Å². The first kappa shape index (κ1) is 13.6. The highest BCUT2D eigenvalue weighted by atomic mass is 79.9. The predicted molar refractivity (Wildman–Crippen MR) is 81.7 cm³/mol. The smallest absolute Gasteiger partial charge is 0.119 e. The molecule has 1 N–H and O–H groups in total. The van der Waals surface area contributed by atoms with Crippen molar-refractivity contribution in [1.82, 2.24) is 15.1 Å². The van der Waals surface area contributed by atoms with Crippen molar-refractivity contribution in [3.8, 4) is 5.75 Å². The molecule has 1 saturated carbocycles. The normalized spacial score (nSPS) is 14.4. The molecule has 0 radical (unpaired) electrons. The van der Waals surface area contributed by atoms with Gasteiger partial charge >= 0.3 is 0 Å². The average Bonchev–Trinajstić information content (AvgIpc) is 3.19. The van der Waals surface area contributed by atoms with Crippen LogP contribution >= 0.6 is 15.9 Å². The minimum absolute atomic E-state index is 0.619. The zero-order valence-corrected chi connectivity index (χ0v) is 12.8. The summed E-state index contributed by atoms with van der Waals surface area (Å²) in [5, 5.41) is 7.71. The molecule has 4 nitrogen and oxygen atoms in total. The Bertz CT molecular complexity index is 566. The molecule has 5 heteroatoms. The molecule has 1 aliphatic rings. The number of nitrogens with zero attached hydrogens (tertiary/aromatic N) is 2. The standard InChI is InChI=1S/C15H18BrN3O/c16-13-10-18-19(11-13)6-7-20-15-3-1-2-12(8-15)9-17-14-4-5-14/h1-3,8,10-11,14,17H,4-7,9H2. The number of hydrogen-bond donors (Lipinski definition) is 1. The maximum Gasteiger partial charge on any atom is 0.119 e. The van der Waals surface area contributed by atoms with E-state index in [4.69, 9.17) is 4.74 Å². The first-order chi connectivity index (χ1) is 9.79. The van der Waals surface area contributed by atoms with Gasteiger partial charge in [-0.05, 0) is 46.5 Å². The van der Waals surface area contributed by atoms with Crippen molar-refractivity contribution >= 4 is 15.9 Å². The highest BCUT2D eigenvalue weighted by Gasteiger charge is 2.19. The van der Waals surface area contributed by atoms with Gasteiger partial charge in [0.05, 0.1) is 17.2 Å². The topological polar surface area (TPSA) is 39.1 Å². The Labute approximate surface area is 127 Å². The van der Waals surface area contributed by atoms with Gasteiger partial charge in [-0.15, -0.1) is 0 Å². The molecule has 20 heavy (non-hydrogen) atoms. The molecule has 1 aliphatic carbocycles. The number of aromatic nitrogens is 2. The van der Waals surface area contributed by atoms with Crippen molar-refractivity contribution in [3.05, 3.63) is 46.7 Å². The van der Waals surface area contributed by atoms with E-state index < -0.39 is 0 Å². The summed E-state index contributed by atoms with van der Waals surface area (Å²) in [6.45, 7) is 2.29. The summed E-state index contributed by atoms with van der Waals surface area (Å²) in [5.74, 6) is 0.923. The van der Waals surface area contributed by atoms with Gasteiger partial charge in [0, 0.05) is 18.8 Å². The van der Waals surface area contributed by atoms with Gasteiger partial charge in [-0.2, -0.15) is 5.10 Å². The summed E-state index contributed by atoms with van der Waals surface area (Å²) in [5.41, 5.74) is 1.27. The van der Waals surface area contributed by atoms with Crippen LogP contribution in [0.2, 0.25) is 0 Å². The largest absolute Gasteiger partial charge is 0.492 e. The van der Waals surface area contributed by atoms with Crippen LogP contribution in [0.25, 0.3) is 0 Å². The molecule has 1 fully saturated rings. The van der Waals surface area contributed by atoms with E-state index in [1.165, 1.54) is 18.4 Å². The summed E-state index contributed by atoms with van der Waals surface area (Å²) in [7, 11) is 0. The van der Waals surface area contributed by atoms with Crippen LogP contribution in [-0.2, 0) is 13.1 Å². The Hall–Kier alpha value is -1.33. The third kappa shape index (κ3) is 4.08. The van der Waals surface area contributed by atoms with Crippen molar-refractivity contribution in [1.29, 1.82) is 0 Å². The van der Waals surface area contributed by atoms with E-state index in [-0.39, 0.29) is 0 Å². The lowest BCUT2D eigenvalue weighted by Gasteiger charge is -2.08. The highest BCUT2D eigenvalue weighted by molar-refractivity contribution is 9.10. The molecular formula is C15H18BrN3O. The summed E-state index contributed by atoms with van der Waals surface area (Å²) in [4.78, 5) is 0. The summed E-state index contributed by atoms with van der Waals surface area (Å²) < 4.78 is 8.63. The minimum atomic E-state index is 0.619. The maximum atomic E-state index is 5.78. The van der Waals surface area contributed by atoms with Crippen LogP contribution in [0.3, 0.4) is 0 Å². The highest BCUT2D eigenvalue weighted by Crippen LogP contribution is 2.20. The average molecular weight is 336 g/mol. The van der Waals surface area contributed by atoms with Gasteiger partial charge in [-0.1, -0.05) is 12.1 Å². The van der Waals surface area contributed by atoms with Gasteiger partial charge in [-0.25, -0.2) is 0 Å². The van der Waals surface area contributed by atoms with Crippen molar-refractivity contribution < 1.29 is 4.74 Å². The lowest BCUT2D eigenvalue weighted by atomic mass is 10.2. The Balaban J connectivity index is 1.47. The Kier molecular flexibility index (Phi) is 4.38. The molecular weight excluding hydrogens is 318 g/mol. The Morgan fingerprint density at radius 3 is 3.05 bits per heavy atom. The minimum Gasteiger partial charge on any atom is -0.492 e. The molecule has 0 aliphatic heterocycles. The lowest BCUT2D eigenvalue weighted by molar-refractivity contribution is 0.291. The van der Waals surface area contributed by atoms with Crippen molar-refractivity contribution in [3.63, 3.8) is 0 Å². The first-order valence-corrected chi connectivity index (χ1v) is 7.72. The molecule has 2 aromatic rings.